The highest BCUT2D eigenvalue weighted by Crippen LogP contribution is 2.50. The third-order valence-electron chi connectivity index (χ3n) is 5.32. The molecule has 0 unspecified atom stereocenters. The molecule has 2 atom stereocenters. The second-order valence-electron chi connectivity index (χ2n) is 6.95. The van der Waals surface area contributed by atoms with Gasteiger partial charge in [-0.2, -0.15) is 0 Å². The first kappa shape index (κ1) is 15.2. The van der Waals surface area contributed by atoms with E-state index in [9.17, 15) is 9.59 Å². The van der Waals surface area contributed by atoms with Crippen molar-refractivity contribution in [3.8, 4) is 0 Å². The molecule has 1 heterocycles. The van der Waals surface area contributed by atoms with Gasteiger partial charge >= 0.3 is 0 Å². The molecule has 124 valence electrons. The van der Waals surface area contributed by atoms with Crippen LogP contribution in [0.25, 0.3) is 10.8 Å². The van der Waals surface area contributed by atoms with Crippen LogP contribution < -0.4 is 0 Å². The van der Waals surface area contributed by atoms with Crippen molar-refractivity contribution in [1.29, 1.82) is 0 Å². The summed E-state index contributed by atoms with van der Waals surface area (Å²) in [5.41, 5.74) is 1.27. The van der Waals surface area contributed by atoms with E-state index in [-0.39, 0.29) is 24.3 Å². The number of likely N-dealkylation sites (N-methyl/N-ethyl adjacent to an activating group) is 1. The Morgan fingerprint density at radius 2 is 1.88 bits per heavy atom. The minimum absolute atomic E-state index is 0.0343. The molecule has 2 aromatic carbocycles. The number of carbonyl (C=O) groups is 2. The Bertz CT molecular complexity index is 796. The van der Waals surface area contributed by atoms with E-state index in [0.29, 0.717) is 12.5 Å². The summed E-state index contributed by atoms with van der Waals surface area (Å²) in [6.07, 6.45) is 1.76. The van der Waals surface area contributed by atoms with Gasteiger partial charge < -0.3 is 9.80 Å². The van der Waals surface area contributed by atoms with Gasteiger partial charge in [0.05, 0.1) is 6.54 Å². The first-order valence-electron chi connectivity index (χ1n) is 8.65. The molecule has 4 rings (SSSR count). The molecule has 2 fully saturated rings. The van der Waals surface area contributed by atoms with Crippen molar-refractivity contribution in [2.45, 2.75) is 18.8 Å². The van der Waals surface area contributed by atoms with Gasteiger partial charge in [-0.1, -0.05) is 42.5 Å². The molecular formula is C20H22N2O2. The predicted molar refractivity (Wildman–Crippen MR) is 93.6 cm³/mol. The maximum atomic E-state index is 12.8. The summed E-state index contributed by atoms with van der Waals surface area (Å²) in [5.74, 6) is 0.520. The number of rotatable bonds is 2. The fraction of sp³-hybridized carbons (Fsp3) is 0.400. The van der Waals surface area contributed by atoms with Crippen LogP contribution in [0.5, 0.6) is 0 Å². The minimum Gasteiger partial charge on any atom is -0.344 e. The largest absolute Gasteiger partial charge is 0.344 e. The fourth-order valence-corrected chi connectivity index (χ4v) is 3.79. The molecule has 1 aliphatic heterocycles. The summed E-state index contributed by atoms with van der Waals surface area (Å²) in [5, 5.41) is 2.46. The first-order valence-corrected chi connectivity index (χ1v) is 8.65. The van der Waals surface area contributed by atoms with E-state index in [0.717, 1.165) is 19.4 Å². The zero-order valence-electron chi connectivity index (χ0n) is 13.9. The monoisotopic (exact) mass is 322 g/mol. The Labute approximate surface area is 142 Å². The number of hydrogen-bond donors (Lipinski definition) is 0. The molecule has 1 saturated heterocycles. The number of hydrogen-bond acceptors (Lipinski definition) is 2. The van der Waals surface area contributed by atoms with Crippen LogP contribution in [0.2, 0.25) is 0 Å². The van der Waals surface area contributed by atoms with Gasteiger partial charge in [0.25, 0.3) is 0 Å². The van der Waals surface area contributed by atoms with Crippen molar-refractivity contribution in [2.75, 3.05) is 26.7 Å². The molecule has 0 aromatic heterocycles. The van der Waals surface area contributed by atoms with E-state index in [1.807, 2.05) is 19.2 Å². The third-order valence-corrected chi connectivity index (χ3v) is 5.32. The Kier molecular flexibility index (Phi) is 3.75. The van der Waals surface area contributed by atoms with Crippen molar-refractivity contribution in [3.63, 3.8) is 0 Å². The maximum Gasteiger partial charge on any atom is 0.241 e. The Morgan fingerprint density at radius 3 is 2.75 bits per heavy atom. The second-order valence-corrected chi connectivity index (χ2v) is 6.95. The van der Waals surface area contributed by atoms with Crippen LogP contribution in [0.15, 0.2) is 42.5 Å². The standard InChI is InChI=1S/C20H22N2O2/c1-21-10-5-11-22(13-19(21)23)20(24)18-12-17(18)16-9-4-7-14-6-2-3-8-15(14)16/h2-4,6-9,17-18H,5,10-13H2,1H3/t17-,18+/m0/s1. The third kappa shape index (κ3) is 2.66. The van der Waals surface area contributed by atoms with Gasteiger partial charge in [-0.3, -0.25) is 9.59 Å². The van der Waals surface area contributed by atoms with Crippen molar-refractivity contribution >= 4 is 22.6 Å². The number of carbonyl (C=O) groups excluding carboxylic acids is 2. The average molecular weight is 322 g/mol. The quantitative estimate of drug-likeness (QED) is 0.853. The van der Waals surface area contributed by atoms with Crippen molar-refractivity contribution < 1.29 is 9.59 Å². The molecule has 0 radical (unpaired) electrons. The van der Waals surface area contributed by atoms with Crippen LogP contribution in [-0.4, -0.2) is 48.3 Å². The van der Waals surface area contributed by atoms with Crippen LogP contribution in [0.4, 0.5) is 0 Å². The van der Waals surface area contributed by atoms with Crippen molar-refractivity contribution in [2.24, 2.45) is 5.92 Å². The van der Waals surface area contributed by atoms with Gasteiger partial charge in [-0.05, 0) is 35.1 Å². The van der Waals surface area contributed by atoms with E-state index in [4.69, 9.17) is 0 Å². The lowest BCUT2D eigenvalue weighted by Gasteiger charge is -2.20. The Hall–Kier alpha value is -2.36. The Morgan fingerprint density at radius 1 is 1.08 bits per heavy atom. The molecule has 24 heavy (non-hydrogen) atoms. The highest BCUT2D eigenvalue weighted by molar-refractivity contribution is 5.91. The highest BCUT2D eigenvalue weighted by atomic mass is 16.2. The SMILES string of the molecule is CN1CCCN(C(=O)[C@@H]2C[C@H]2c2cccc3ccccc23)CC1=O. The summed E-state index contributed by atoms with van der Waals surface area (Å²) in [4.78, 5) is 28.4. The molecule has 0 N–H and O–H groups in total. The highest BCUT2D eigenvalue weighted by Gasteiger charge is 2.46. The number of amides is 2. The molecule has 2 amide bonds. The van der Waals surface area contributed by atoms with Gasteiger partial charge in [-0.25, -0.2) is 0 Å². The van der Waals surface area contributed by atoms with Crippen molar-refractivity contribution in [3.05, 3.63) is 48.0 Å². The minimum atomic E-state index is 0.0343. The van der Waals surface area contributed by atoms with E-state index >= 15 is 0 Å². The van der Waals surface area contributed by atoms with Crippen LogP contribution in [0.3, 0.4) is 0 Å². The molecule has 2 aromatic rings. The number of nitrogens with zero attached hydrogens (tertiary/aromatic N) is 2. The summed E-state index contributed by atoms with van der Waals surface area (Å²) in [6.45, 7) is 1.65. The zero-order chi connectivity index (χ0) is 16.7. The molecular weight excluding hydrogens is 300 g/mol. The lowest BCUT2D eigenvalue weighted by molar-refractivity contribution is -0.138. The molecule has 0 bridgehead atoms. The van der Waals surface area contributed by atoms with Gasteiger partial charge in [0, 0.05) is 26.1 Å². The average Bonchev–Trinajstić information content (AvgIpc) is 3.40. The normalized spacial score (nSPS) is 24.1. The summed E-state index contributed by atoms with van der Waals surface area (Å²) < 4.78 is 0. The van der Waals surface area contributed by atoms with E-state index in [1.54, 1.807) is 9.80 Å². The molecule has 4 nitrogen and oxygen atoms in total. The van der Waals surface area contributed by atoms with Crippen LogP contribution in [-0.2, 0) is 9.59 Å². The maximum absolute atomic E-state index is 12.8. The number of benzene rings is 2. The van der Waals surface area contributed by atoms with E-state index in [2.05, 4.69) is 30.3 Å². The molecule has 1 saturated carbocycles. The van der Waals surface area contributed by atoms with Crippen LogP contribution in [0, 0.1) is 5.92 Å². The molecule has 4 heteroatoms. The summed E-state index contributed by atoms with van der Waals surface area (Å²) >= 11 is 0. The van der Waals surface area contributed by atoms with E-state index < -0.39 is 0 Å². The topological polar surface area (TPSA) is 40.6 Å². The second kappa shape index (κ2) is 5.93. The smallest absolute Gasteiger partial charge is 0.241 e. The molecule has 0 spiro atoms. The Balaban J connectivity index is 1.53. The van der Waals surface area contributed by atoms with Gasteiger partial charge in [0.2, 0.25) is 11.8 Å². The number of fused-ring (bicyclic) bond motifs is 1. The molecule has 1 aliphatic carbocycles. The van der Waals surface area contributed by atoms with Crippen molar-refractivity contribution in [1.82, 2.24) is 9.80 Å². The van der Waals surface area contributed by atoms with Gasteiger partial charge in [0.1, 0.15) is 0 Å². The van der Waals surface area contributed by atoms with Gasteiger partial charge in [-0.15, -0.1) is 0 Å². The van der Waals surface area contributed by atoms with Gasteiger partial charge in [0.15, 0.2) is 0 Å². The zero-order valence-corrected chi connectivity index (χ0v) is 13.9. The lowest BCUT2D eigenvalue weighted by Crippen LogP contribution is -2.39. The summed E-state index contributed by atoms with van der Waals surface area (Å²) in [7, 11) is 1.81. The molecule has 2 aliphatic rings. The van der Waals surface area contributed by atoms with E-state index in [1.165, 1.54) is 16.3 Å². The fourth-order valence-electron chi connectivity index (χ4n) is 3.79. The lowest BCUT2D eigenvalue weighted by atomic mass is 10.00. The van der Waals surface area contributed by atoms with Crippen LogP contribution in [0.1, 0.15) is 24.3 Å². The van der Waals surface area contributed by atoms with Crippen LogP contribution >= 0.6 is 0 Å². The summed E-state index contributed by atoms with van der Waals surface area (Å²) in [6, 6.07) is 14.7. The first-order chi connectivity index (χ1) is 11.6. The predicted octanol–water partition coefficient (Wildman–Crippen LogP) is 2.63.